The first kappa shape index (κ1) is 14.7. The van der Waals surface area contributed by atoms with Crippen molar-refractivity contribution in [1.82, 2.24) is 0 Å². The molecule has 0 saturated heterocycles. The lowest BCUT2D eigenvalue weighted by Crippen LogP contribution is -2.34. The zero-order valence-electron chi connectivity index (χ0n) is 11.9. The van der Waals surface area contributed by atoms with Crippen LogP contribution in [-0.4, -0.2) is 5.91 Å². The van der Waals surface area contributed by atoms with Crippen LogP contribution < -0.4 is 5.32 Å². The number of carbonyl (C=O) groups excluding carboxylic acids is 1. The molecule has 0 saturated carbocycles. The van der Waals surface area contributed by atoms with E-state index in [1.807, 2.05) is 36.4 Å². The van der Waals surface area contributed by atoms with Crippen molar-refractivity contribution in [2.45, 2.75) is 19.3 Å². The summed E-state index contributed by atoms with van der Waals surface area (Å²) in [6.45, 7) is 3.60. The summed E-state index contributed by atoms with van der Waals surface area (Å²) >= 11 is 0. The summed E-state index contributed by atoms with van der Waals surface area (Å²) < 4.78 is 13.1. The zero-order valence-corrected chi connectivity index (χ0v) is 11.9. The highest BCUT2D eigenvalue weighted by molar-refractivity contribution is 5.99. The van der Waals surface area contributed by atoms with Gasteiger partial charge in [0.25, 0.3) is 0 Å². The summed E-state index contributed by atoms with van der Waals surface area (Å²) in [6, 6.07) is 14.9. The Kier molecular flexibility index (Phi) is 4.04. The maximum Gasteiger partial charge on any atom is 0.234 e. The number of nitriles is 1. The van der Waals surface area contributed by atoms with Gasteiger partial charge >= 0.3 is 0 Å². The highest BCUT2D eigenvalue weighted by Crippen LogP contribution is 2.26. The molecule has 0 unspecified atom stereocenters. The largest absolute Gasteiger partial charge is 0.324 e. The Morgan fingerprint density at radius 1 is 1.19 bits per heavy atom. The molecule has 1 N–H and O–H groups in total. The number of hydrogen-bond acceptors (Lipinski definition) is 2. The van der Waals surface area contributed by atoms with E-state index in [2.05, 4.69) is 5.32 Å². The molecular formula is C17H15FN2O. The molecule has 0 aliphatic rings. The second-order valence-corrected chi connectivity index (χ2v) is 5.25. The fourth-order valence-corrected chi connectivity index (χ4v) is 1.98. The normalized spacial score (nSPS) is 10.8. The lowest BCUT2D eigenvalue weighted by molar-refractivity contribution is -0.120. The minimum Gasteiger partial charge on any atom is -0.324 e. The molecule has 0 fully saturated rings. The first-order chi connectivity index (χ1) is 9.95. The smallest absolute Gasteiger partial charge is 0.234 e. The Labute approximate surface area is 123 Å². The maximum absolute atomic E-state index is 13.1. The van der Waals surface area contributed by atoms with Crippen LogP contribution in [0.3, 0.4) is 0 Å². The number of hydrogen-bond donors (Lipinski definition) is 1. The maximum atomic E-state index is 13.1. The van der Waals surface area contributed by atoms with Gasteiger partial charge in [0.1, 0.15) is 11.9 Å². The number of rotatable bonds is 3. The summed E-state index contributed by atoms with van der Waals surface area (Å²) in [5.41, 5.74) is 0.519. The molecule has 1 amide bonds. The number of nitrogens with one attached hydrogen (secondary N) is 1. The molecular weight excluding hydrogens is 267 g/mol. The van der Waals surface area contributed by atoms with Crippen molar-refractivity contribution in [3.8, 4) is 6.07 Å². The van der Waals surface area contributed by atoms with Gasteiger partial charge in [-0.2, -0.15) is 5.26 Å². The second kappa shape index (κ2) is 5.76. The number of anilines is 1. The summed E-state index contributed by atoms with van der Waals surface area (Å²) in [4.78, 5) is 12.5. The average Bonchev–Trinajstić information content (AvgIpc) is 2.49. The van der Waals surface area contributed by atoms with E-state index in [9.17, 15) is 9.18 Å². The van der Waals surface area contributed by atoms with Crippen LogP contribution in [0.4, 0.5) is 10.1 Å². The number of benzene rings is 2. The Morgan fingerprint density at radius 2 is 1.86 bits per heavy atom. The molecule has 0 aliphatic heterocycles. The fourth-order valence-electron chi connectivity index (χ4n) is 1.98. The first-order valence-corrected chi connectivity index (χ1v) is 6.52. The monoisotopic (exact) mass is 282 g/mol. The van der Waals surface area contributed by atoms with Crippen molar-refractivity contribution in [2.24, 2.45) is 0 Å². The average molecular weight is 282 g/mol. The van der Waals surface area contributed by atoms with Crippen molar-refractivity contribution in [1.29, 1.82) is 5.26 Å². The second-order valence-electron chi connectivity index (χ2n) is 5.25. The van der Waals surface area contributed by atoms with Gasteiger partial charge in [0.05, 0.1) is 16.7 Å². The van der Waals surface area contributed by atoms with Crippen molar-refractivity contribution >= 4 is 11.6 Å². The highest BCUT2D eigenvalue weighted by atomic mass is 19.1. The van der Waals surface area contributed by atoms with Gasteiger partial charge in [0.2, 0.25) is 5.91 Å². The SMILES string of the molecule is CC(C)(C(=O)Nc1ccc(F)cc1C#N)c1ccccc1. The van der Waals surface area contributed by atoms with E-state index in [0.717, 1.165) is 11.6 Å². The molecule has 0 atom stereocenters. The van der Waals surface area contributed by atoms with Crippen LogP contribution in [0.2, 0.25) is 0 Å². The first-order valence-electron chi connectivity index (χ1n) is 6.52. The molecule has 2 aromatic carbocycles. The van der Waals surface area contributed by atoms with Gasteiger partial charge in [-0.15, -0.1) is 0 Å². The number of nitrogens with zero attached hydrogens (tertiary/aromatic N) is 1. The summed E-state index contributed by atoms with van der Waals surface area (Å²) in [5, 5.41) is 11.7. The van der Waals surface area contributed by atoms with E-state index < -0.39 is 11.2 Å². The Bertz CT molecular complexity index is 702. The van der Waals surface area contributed by atoms with Crippen LogP contribution in [0, 0.1) is 17.1 Å². The van der Waals surface area contributed by atoms with Gasteiger partial charge < -0.3 is 5.32 Å². The van der Waals surface area contributed by atoms with Gasteiger partial charge in [-0.1, -0.05) is 30.3 Å². The Morgan fingerprint density at radius 3 is 2.48 bits per heavy atom. The third kappa shape index (κ3) is 3.09. The molecule has 4 heteroatoms. The number of carbonyl (C=O) groups is 1. The minimum absolute atomic E-state index is 0.104. The zero-order chi connectivity index (χ0) is 15.5. The Hall–Kier alpha value is -2.67. The van der Waals surface area contributed by atoms with Gasteiger partial charge in [0, 0.05) is 0 Å². The van der Waals surface area contributed by atoms with Gasteiger partial charge in [-0.05, 0) is 37.6 Å². The van der Waals surface area contributed by atoms with Crippen LogP contribution in [0.15, 0.2) is 48.5 Å². The number of amides is 1. The third-order valence-electron chi connectivity index (χ3n) is 3.41. The molecule has 0 aliphatic carbocycles. The summed E-state index contributed by atoms with van der Waals surface area (Å²) in [7, 11) is 0. The third-order valence-corrected chi connectivity index (χ3v) is 3.41. The predicted octanol–water partition coefficient (Wildman–Crippen LogP) is 3.61. The minimum atomic E-state index is -0.762. The van der Waals surface area contributed by atoms with E-state index in [4.69, 9.17) is 5.26 Å². The molecule has 0 spiro atoms. The van der Waals surface area contributed by atoms with Gasteiger partial charge in [-0.3, -0.25) is 4.79 Å². The topological polar surface area (TPSA) is 52.9 Å². The highest BCUT2D eigenvalue weighted by Gasteiger charge is 2.30. The van der Waals surface area contributed by atoms with Crippen molar-refractivity contribution in [3.63, 3.8) is 0 Å². The van der Waals surface area contributed by atoms with Crippen molar-refractivity contribution < 1.29 is 9.18 Å². The van der Waals surface area contributed by atoms with Crippen molar-refractivity contribution in [3.05, 3.63) is 65.5 Å². The number of halogens is 1. The lowest BCUT2D eigenvalue weighted by atomic mass is 9.83. The quantitative estimate of drug-likeness (QED) is 0.934. The van der Waals surface area contributed by atoms with Crippen LogP contribution >= 0.6 is 0 Å². The predicted molar refractivity (Wildman–Crippen MR) is 79.2 cm³/mol. The van der Waals surface area contributed by atoms with Crippen LogP contribution in [0.25, 0.3) is 0 Å². The fraction of sp³-hybridized carbons (Fsp3) is 0.176. The van der Waals surface area contributed by atoms with E-state index in [1.54, 1.807) is 13.8 Å². The van der Waals surface area contributed by atoms with E-state index in [0.29, 0.717) is 5.69 Å². The Balaban J connectivity index is 2.28. The molecule has 0 bridgehead atoms. The van der Waals surface area contributed by atoms with Gasteiger partial charge in [0.15, 0.2) is 0 Å². The van der Waals surface area contributed by atoms with Crippen LogP contribution in [0.1, 0.15) is 25.0 Å². The van der Waals surface area contributed by atoms with Crippen LogP contribution in [-0.2, 0) is 10.2 Å². The molecule has 2 aromatic rings. The molecule has 2 rings (SSSR count). The van der Waals surface area contributed by atoms with E-state index in [-0.39, 0.29) is 11.5 Å². The molecule has 3 nitrogen and oxygen atoms in total. The van der Waals surface area contributed by atoms with E-state index >= 15 is 0 Å². The molecule has 0 aromatic heterocycles. The van der Waals surface area contributed by atoms with E-state index in [1.165, 1.54) is 12.1 Å². The summed E-state index contributed by atoms with van der Waals surface area (Å²) in [6.07, 6.45) is 0. The molecule has 0 radical (unpaired) electrons. The van der Waals surface area contributed by atoms with Crippen molar-refractivity contribution in [2.75, 3.05) is 5.32 Å². The molecule has 21 heavy (non-hydrogen) atoms. The molecule has 0 heterocycles. The standard InChI is InChI=1S/C17H15FN2O/c1-17(2,13-6-4-3-5-7-13)16(21)20-15-9-8-14(18)10-12(15)11-19/h3-10H,1-2H3,(H,20,21). The van der Waals surface area contributed by atoms with Crippen LogP contribution in [0.5, 0.6) is 0 Å². The summed E-state index contributed by atoms with van der Waals surface area (Å²) in [5.74, 6) is -0.760. The van der Waals surface area contributed by atoms with Gasteiger partial charge in [-0.25, -0.2) is 4.39 Å². The lowest BCUT2D eigenvalue weighted by Gasteiger charge is -2.24. The molecule has 106 valence electrons.